The lowest BCUT2D eigenvalue weighted by Gasteiger charge is -2.25. The first-order chi connectivity index (χ1) is 17.7. The molecule has 1 saturated carbocycles. The van der Waals surface area contributed by atoms with E-state index in [4.69, 9.17) is 9.47 Å². The molecule has 1 aliphatic rings. The molecule has 1 fully saturated rings. The van der Waals surface area contributed by atoms with Crippen molar-refractivity contribution in [1.82, 2.24) is 0 Å². The number of hydrogen-bond donors (Lipinski definition) is 1. The van der Waals surface area contributed by atoms with Crippen LogP contribution in [0.1, 0.15) is 30.9 Å². The second-order valence-corrected chi connectivity index (χ2v) is 10.7. The van der Waals surface area contributed by atoms with Crippen molar-refractivity contribution in [2.75, 3.05) is 29.9 Å². The molecule has 1 aliphatic carbocycles. The highest BCUT2D eigenvalue weighted by Crippen LogP contribution is 2.47. The number of rotatable bonds is 10. The maximum atomic E-state index is 13.9. The molecule has 37 heavy (non-hydrogen) atoms. The van der Waals surface area contributed by atoms with Gasteiger partial charge in [-0.25, -0.2) is 8.42 Å². The predicted octanol–water partition coefficient (Wildman–Crippen LogP) is 4.79. The van der Waals surface area contributed by atoms with Crippen molar-refractivity contribution in [1.29, 1.82) is 5.26 Å². The van der Waals surface area contributed by atoms with Gasteiger partial charge in [-0.2, -0.15) is 5.26 Å². The van der Waals surface area contributed by atoms with Gasteiger partial charge in [-0.15, -0.1) is 0 Å². The van der Waals surface area contributed by atoms with Gasteiger partial charge in [0, 0.05) is 5.69 Å². The van der Waals surface area contributed by atoms with Gasteiger partial charge in [0.1, 0.15) is 22.9 Å². The lowest BCUT2D eigenvalue weighted by Crippen LogP contribution is -2.38. The first-order valence-electron chi connectivity index (χ1n) is 11.9. The summed E-state index contributed by atoms with van der Waals surface area (Å²) in [4.78, 5) is 13.1. The third-order valence-electron chi connectivity index (χ3n) is 6.30. The number of carbonyl (C=O) groups is 1. The summed E-state index contributed by atoms with van der Waals surface area (Å²) in [6.45, 7) is 3.65. The maximum Gasteiger partial charge on any atom is 0.268 e. The van der Waals surface area contributed by atoms with Crippen molar-refractivity contribution in [3.05, 3.63) is 77.9 Å². The van der Waals surface area contributed by atoms with Crippen molar-refractivity contribution in [3.8, 4) is 17.6 Å². The van der Waals surface area contributed by atoms with E-state index in [1.165, 1.54) is 13.2 Å². The van der Waals surface area contributed by atoms with Crippen LogP contribution in [0.25, 0.3) is 0 Å². The van der Waals surface area contributed by atoms with Crippen LogP contribution in [0.4, 0.5) is 11.4 Å². The van der Waals surface area contributed by atoms with Crippen molar-refractivity contribution >= 4 is 27.3 Å². The van der Waals surface area contributed by atoms with E-state index in [0.717, 1.165) is 28.3 Å². The number of hydrogen-bond acceptors (Lipinski definition) is 6. The van der Waals surface area contributed by atoms with Gasteiger partial charge in [0.05, 0.1) is 30.9 Å². The molecule has 0 aromatic heterocycles. The Morgan fingerprint density at radius 2 is 1.76 bits per heavy atom. The molecule has 3 aromatic rings. The van der Waals surface area contributed by atoms with Crippen molar-refractivity contribution in [2.24, 2.45) is 0 Å². The smallest absolute Gasteiger partial charge is 0.268 e. The summed E-state index contributed by atoms with van der Waals surface area (Å²) in [5.74, 6) is 0.259. The van der Waals surface area contributed by atoms with Gasteiger partial charge in [0.2, 0.25) is 5.91 Å². The normalized spacial score (nSPS) is 13.8. The number of anilines is 2. The second kappa shape index (κ2) is 10.5. The average Bonchev–Trinajstić information content (AvgIpc) is 3.70. The number of aryl methyl sites for hydroxylation is 1. The number of benzene rings is 3. The fraction of sp³-hybridized carbons (Fsp3) is 0.286. The highest BCUT2D eigenvalue weighted by atomic mass is 32.2. The zero-order valence-electron chi connectivity index (χ0n) is 21.0. The third kappa shape index (κ3) is 5.54. The summed E-state index contributed by atoms with van der Waals surface area (Å²) in [6, 6.07) is 20.8. The minimum absolute atomic E-state index is 0.0349. The van der Waals surface area contributed by atoms with Crippen LogP contribution < -0.4 is 19.1 Å². The maximum absolute atomic E-state index is 13.9. The lowest BCUT2D eigenvalue weighted by molar-refractivity contribution is -0.114. The number of sulfonamides is 1. The van der Waals surface area contributed by atoms with Crippen LogP contribution in [0.5, 0.6) is 11.5 Å². The predicted molar refractivity (Wildman–Crippen MR) is 141 cm³/mol. The summed E-state index contributed by atoms with van der Waals surface area (Å²) in [5.41, 5.74) is 2.05. The van der Waals surface area contributed by atoms with Crippen LogP contribution in [0, 0.1) is 18.3 Å². The monoisotopic (exact) mass is 519 g/mol. The Morgan fingerprint density at radius 1 is 1.08 bits per heavy atom. The van der Waals surface area contributed by atoms with Gasteiger partial charge < -0.3 is 14.8 Å². The molecule has 0 heterocycles. The minimum Gasteiger partial charge on any atom is -0.495 e. The average molecular weight is 520 g/mol. The van der Waals surface area contributed by atoms with E-state index in [1.54, 1.807) is 55.5 Å². The SMILES string of the molecule is CCOc1ccc(N(CC(=O)Nc2ccc(C3(C#N)CC3)cc2)S(=O)(=O)c2cc(C)ccc2OC)cc1. The van der Waals surface area contributed by atoms with Gasteiger partial charge in [0.15, 0.2) is 0 Å². The number of nitriles is 1. The van der Waals surface area contributed by atoms with E-state index in [-0.39, 0.29) is 10.6 Å². The standard InChI is InChI=1S/C28H29N3O5S/c1-4-36-24-12-10-23(11-13-24)31(37(33,34)26-17-20(2)5-14-25(26)35-3)18-27(32)30-22-8-6-21(7-9-22)28(19-29)15-16-28/h5-14,17H,4,15-16,18H2,1-3H3,(H,30,32). The van der Waals surface area contributed by atoms with Crippen molar-refractivity contribution in [2.45, 2.75) is 37.0 Å². The fourth-order valence-corrected chi connectivity index (χ4v) is 5.75. The van der Waals surface area contributed by atoms with E-state index in [2.05, 4.69) is 11.4 Å². The topological polar surface area (TPSA) is 109 Å². The number of nitrogens with one attached hydrogen (secondary N) is 1. The number of amides is 1. The van der Waals surface area contributed by atoms with Crippen molar-refractivity contribution in [3.63, 3.8) is 0 Å². The molecule has 192 valence electrons. The number of nitrogens with zero attached hydrogens (tertiary/aromatic N) is 2. The van der Waals surface area contributed by atoms with Crippen molar-refractivity contribution < 1.29 is 22.7 Å². The van der Waals surface area contributed by atoms with Crippen LogP contribution in [0.15, 0.2) is 71.6 Å². The molecule has 4 rings (SSSR count). The molecule has 0 radical (unpaired) electrons. The van der Waals surface area contributed by atoms with Crippen LogP contribution in [-0.2, 0) is 20.2 Å². The molecule has 0 atom stereocenters. The molecular weight excluding hydrogens is 490 g/mol. The Kier molecular flexibility index (Phi) is 7.41. The largest absolute Gasteiger partial charge is 0.495 e. The molecular formula is C28H29N3O5S. The third-order valence-corrected chi connectivity index (χ3v) is 8.09. The van der Waals surface area contributed by atoms with Gasteiger partial charge in [-0.1, -0.05) is 18.2 Å². The Labute approximate surface area is 217 Å². The molecule has 0 unspecified atom stereocenters. The Bertz CT molecular complexity index is 1420. The van der Waals surface area contributed by atoms with Gasteiger partial charge in [0.25, 0.3) is 10.0 Å². The first-order valence-corrected chi connectivity index (χ1v) is 13.4. The number of methoxy groups -OCH3 is 1. The van der Waals surface area contributed by atoms with E-state index in [0.29, 0.717) is 23.7 Å². The molecule has 0 spiro atoms. The Morgan fingerprint density at radius 3 is 2.32 bits per heavy atom. The van der Waals surface area contributed by atoms with E-state index in [9.17, 15) is 18.5 Å². The summed E-state index contributed by atoms with van der Waals surface area (Å²) in [7, 11) is -2.78. The minimum atomic E-state index is -4.18. The van der Waals surface area contributed by atoms with Gasteiger partial charge >= 0.3 is 0 Å². The van der Waals surface area contributed by atoms with Gasteiger partial charge in [-0.3, -0.25) is 9.10 Å². The molecule has 9 heteroatoms. The molecule has 1 N–H and O–H groups in total. The molecule has 8 nitrogen and oxygen atoms in total. The fourth-order valence-electron chi connectivity index (χ4n) is 4.09. The van der Waals surface area contributed by atoms with Crippen LogP contribution in [0.2, 0.25) is 0 Å². The molecule has 3 aromatic carbocycles. The molecule has 1 amide bonds. The summed E-state index contributed by atoms with van der Waals surface area (Å²) in [6.07, 6.45) is 1.65. The summed E-state index contributed by atoms with van der Waals surface area (Å²) < 4.78 is 39.6. The second-order valence-electron chi connectivity index (χ2n) is 8.91. The quantitative estimate of drug-likeness (QED) is 0.413. The Hall–Kier alpha value is -4.03. The van der Waals surface area contributed by atoms with Gasteiger partial charge in [-0.05, 0) is 86.3 Å². The molecule has 0 bridgehead atoms. The Balaban J connectivity index is 1.63. The van der Waals surface area contributed by atoms with Crippen LogP contribution in [-0.4, -0.2) is 34.6 Å². The summed E-state index contributed by atoms with van der Waals surface area (Å²) in [5, 5.41) is 12.2. The zero-order chi connectivity index (χ0) is 26.6. The molecule has 0 aliphatic heterocycles. The highest BCUT2D eigenvalue weighted by Gasteiger charge is 2.44. The van der Waals surface area contributed by atoms with E-state index < -0.39 is 27.9 Å². The number of carbonyl (C=O) groups excluding carboxylic acids is 1. The van der Waals surface area contributed by atoms with E-state index >= 15 is 0 Å². The summed E-state index contributed by atoms with van der Waals surface area (Å²) >= 11 is 0. The van der Waals surface area contributed by atoms with Crippen LogP contribution >= 0.6 is 0 Å². The highest BCUT2D eigenvalue weighted by molar-refractivity contribution is 7.93. The van der Waals surface area contributed by atoms with E-state index in [1.807, 2.05) is 19.1 Å². The first kappa shape index (κ1) is 26.0. The number of ether oxygens (including phenoxy) is 2. The molecule has 0 saturated heterocycles. The van der Waals surface area contributed by atoms with Crippen LogP contribution in [0.3, 0.4) is 0 Å². The zero-order valence-corrected chi connectivity index (χ0v) is 21.8. The lowest BCUT2D eigenvalue weighted by atomic mass is 9.98.